The van der Waals surface area contributed by atoms with Crippen LogP contribution in [0.1, 0.15) is 29.5 Å². The predicted octanol–water partition coefficient (Wildman–Crippen LogP) is 7.13. The van der Waals surface area contributed by atoms with Gasteiger partial charge in [0.1, 0.15) is 0 Å². The smallest absolute Gasteiger partial charge is 0.0750 e. The van der Waals surface area contributed by atoms with Crippen LogP contribution in [0.4, 0.5) is 5.69 Å². The number of hydrogen-bond donors (Lipinski definition) is 0. The van der Waals surface area contributed by atoms with Crippen molar-refractivity contribution < 1.29 is 0 Å². The van der Waals surface area contributed by atoms with E-state index in [0.717, 1.165) is 36.3 Å². The Morgan fingerprint density at radius 1 is 1.00 bits per heavy atom. The molecule has 0 radical (unpaired) electrons. The molecule has 4 rings (SSSR count). The highest BCUT2D eigenvalue weighted by Crippen LogP contribution is 2.37. The van der Waals surface area contributed by atoms with Gasteiger partial charge in [-0.1, -0.05) is 65.7 Å². The van der Waals surface area contributed by atoms with Crippen LogP contribution in [-0.2, 0) is 6.42 Å². The molecule has 1 aromatic heterocycles. The monoisotopic (exact) mass is 424 g/mol. The molecular weight excluding hydrogens is 399 g/mol. The summed E-state index contributed by atoms with van der Waals surface area (Å²) in [5, 5.41) is 1.13. The Kier molecular flexibility index (Phi) is 6.12. The van der Waals surface area contributed by atoms with E-state index in [4.69, 9.17) is 28.2 Å². The van der Waals surface area contributed by atoms with Crippen molar-refractivity contribution in [2.45, 2.75) is 33.1 Å². The molecule has 0 bridgehead atoms. The van der Waals surface area contributed by atoms with Crippen molar-refractivity contribution in [3.05, 3.63) is 81.5 Å². The zero-order valence-corrected chi connectivity index (χ0v) is 18.5. The molecule has 1 aliphatic heterocycles. The molecule has 0 N–H and O–H groups in total. The molecule has 1 unspecified atom stereocenters. The first-order chi connectivity index (χ1) is 14.0. The Morgan fingerprint density at radius 2 is 1.79 bits per heavy atom. The normalized spacial score (nSPS) is 16.8. The second kappa shape index (κ2) is 8.77. The van der Waals surface area contributed by atoms with E-state index in [1.807, 2.05) is 24.4 Å². The van der Waals surface area contributed by atoms with Crippen molar-refractivity contribution in [2.24, 2.45) is 5.92 Å². The number of rotatable bonds is 4. The summed E-state index contributed by atoms with van der Waals surface area (Å²) < 4.78 is 0. The lowest BCUT2D eigenvalue weighted by Crippen LogP contribution is -2.36. The summed E-state index contributed by atoms with van der Waals surface area (Å²) in [7, 11) is 0. The highest BCUT2D eigenvalue weighted by Gasteiger charge is 2.23. The Morgan fingerprint density at radius 3 is 2.59 bits per heavy atom. The standard InChI is InChI=1S/C25H26Cl2N2/c1-17-18(2)25(21-11-6-12-22(26)24(21)27)28-15-23(17)29-13-7-10-20(16-29)14-19-8-4-3-5-9-19/h3-6,8-9,11-12,15,20H,7,10,13-14,16H2,1-2H3. The molecule has 1 atom stereocenters. The van der Waals surface area contributed by atoms with E-state index >= 15 is 0 Å². The molecule has 3 aromatic rings. The maximum atomic E-state index is 6.45. The van der Waals surface area contributed by atoms with E-state index in [-0.39, 0.29) is 0 Å². The number of halogens is 2. The van der Waals surface area contributed by atoms with Crippen LogP contribution in [0.15, 0.2) is 54.7 Å². The molecule has 2 heterocycles. The van der Waals surface area contributed by atoms with E-state index < -0.39 is 0 Å². The molecule has 2 nitrogen and oxygen atoms in total. The average Bonchev–Trinajstić information content (AvgIpc) is 2.73. The van der Waals surface area contributed by atoms with Crippen LogP contribution in [-0.4, -0.2) is 18.1 Å². The number of benzene rings is 2. The highest BCUT2D eigenvalue weighted by atomic mass is 35.5. The van der Waals surface area contributed by atoms with E-state index in [2.05, 4.69) is 49.1 Å². The number of pyridine rings is 1. The third kappa shape index (κ3) is 4.29. The highest BCUT2D eigenvalue weighted by molar-refractivity contribution is 6.43. The van der Waals surface area contributed by atoms with Crippen LogP contribution in [0, 0.1) is 19.8 Å². The lowest BCUT2D eigenvalue weighted by atomic mass is 9.90. The first kappa shape index (κ1) is 20.3. The number of nitrogens with zero attached hydrogens (tertiary/aromatic N) is 2. The number of anilines is 1. The predicted molar refractivity (Wildman–Crippen MR) is 124 cm³/mol. The molecule has 1 saturated heterocycles. The number of piperidine rings is 1. The Labute approximate surface area is 183 Å². The molecule has 4 heteroatoms. The van der Waals surface area contributed by atoms with Gasteiger partial charge in [-0.3, -0.25) is 4.98 Å². The third-order valence-electron chi connectivity index (χ3n) is 6.05. The van der Waals surface area contributed by atoms with Crippen molar-refractivity contribution in [3.8, 4) is 11.3 Å². The fourth-order valence-corrected chi connectivity index (χ4v) is 4.75. The summed E-state index contributed by atoms with van der Waals surface area (Å²) in [6, 6.07) is 16.5. The summed E-state index contributed by atoms with van der Waals surface area (Å²) >= 11 is 12.7. The van der Waals surface area contributed by atoms with Crippen LogP contribution >= 0.6 is 23.2 Å². The van der Waals surface area contributed by atoms with Gasteiger partial charge in [0.05, 0.1) is 27.6 Å². The summed E-state index contributed by atoms with van der Waals surface area (Å²) in [4.78, 5) is 7.32. The van der Waals surface area contributed by atoms with Gasteiger partial charge in [0.15, 0.2) is 0 Å². The average molecular weight is 425 g/mol. The molecule has 0 aliphatic carbocycles. The Bertz CT molecular complexity index is 1000. The third-order valence-corrected chi connectivity index (χ3v) is 6.87. The SMILES string of the molecule is Cc1c(N2CCCC(Cc3ccccc3)C2)cnc(-c2cccc(Cl)c2Cl)c1C. The van der Waals surface area contributed by atoms with Gasteiger partial charge >= 0.3 is 0 Å². The minimum Gasteiger partial charge on any atom is -0.370 e. The Balaban J connectivity index is 1.59. The van der Waals surface area contributed by atoms with Gasteiger partial charge in [0.25, 0.3) is 0 Å². The van der Waals surface area contributed by atoms with Gasteiger partial charge in [-0.05, 0) is 61.8 Å². The van der Waals surface area contributed by atoms with Gasteiger partial charge in [0, 0.05) is 18.7 Å². The zero-order chi connectivity index (χ0) is 20.4. The molecule has 150 valence electrons. The van der Waals surface area contributed by atoms with Crippen LogP contribution < -0.4 is 4.90 Å². The summed E-state index contributed by atoms with van der Waals surface area (Å²) in [5.41, 5.74) is 6.91. The van der Waals surface area contributed by atoms with E-state index in [9.17, 15) is 0 Å². The summed E-state index contributed by atoms with van der Waals surface area (Å²) in [6.07, 6.45) is 5.66. The summed E-state index contributed by atoms with van der Waals surface area (Å²) in [5.74, 6) is 0.674. The van der Waals surface area contributed by atoms with Gasteiger partial charge in [-0.15, -0.1) is 0 Å². The van der Waals surface area contributed by atoms with Crippen molar-refractivity contribution in [1.82, 2.24) is 4.98 Å². The number of aromatic nitrogens is 1. The van der Waals surface area contributed by atoms with Gasteiger partial charge in [-0.25, -0.2) is 0 Å². The van der Waals surface area contributed by atoms with Crippen LogP contribution in [0.2, 0.25) is 10.0 Å². The van der Waals surface area contributed by atoms with Crippen molar-refractivity contribution in [1.29, 1.82) is 0 Å². The van der Waals surface area contributed by atoms with Crippen LogP contribution in [0.25, 0.3) is 11.3 Å². The molecule has 1 fully saturated rings. The second-order valence-corrected chi connectivity index (χ2v) is 8.77. The Hall–Kier alpha value is -2.03. The van der Waals surface area contributed by atoms with Crippen LogP contribution in [0.3, 0.4) is 0 Å². The zero-order valence-electron chi connectivity index (χ0n) is 17.0. The maximum absolute atomic E-state index is 6.45. The van der Waals surface area contributed by atoms with E-state index in [1.165, 1.54) is 29.7 Å². The lowest BCUT2D eigenvalue weighted by molar-refractivity contribution is 0.412. The molecule has 0 spiro atoms. The fraction of sp³-hybridized carbons (Fsp3) is 0.320. The largest absolute Gasteiger partial charge is 0.370 e. The fourth-order valence-electron chi connectivity index (χ4n) is 4.36. The molecule has 0 amide bonds. The molecule has 1 aliphatic rings. The number of hydrogen-bond acceptors (Lipinski definition) is 2. The first-order valence-electron chi connectivity index (χ1n) is 10.2. The van der Waals surface area contributed by atoms with Crippen molar-refractivity contribution in [2.75, 3.05) is 18.0 Å². The van der Waals surface area contributed by atoms with Crippen molar-refractivity contribution >= 4 is 28.9 Å². The lowest BCUT2D eigenvalue weighted by Gasteiger charge is -2.35. The topological polar surface area (TPSA) is 16.1 Å². The van der Waals surface area contributed by atoms with Gasteiger partial charge < -0.3 is 4.90 Å². The van der Waals surface area contributed by atoms with Gasteiger partial charge in [0.2, 0.25) is 0 Å². The molecule has 0 saturated carbocycles. The quantitative estimate of drug-likeness (QED) is 0.442. The first-order valence-corrected chi connectivity index (χ1v) is 11.0. The maximum Gasteiger partial charge on any atom is 0.0750 e. The van der Waals surface area contributed by atoms with E-state index in [0.29, 0.717) is 16.0 Å². The second-order valence-electron chi connectivity index (χ2n) is 7.99. The molecular formula is C25H26Cl2N2. The molecule has 2 aromatic carbocycles. The molecule has 29 heavy (non-hydrogen) atoms. The van der Waals surface area contributed by atoms with Crippen molar-refractivity contribution in [3.63, 3.8) is 0 Å². The van der Waals surface area contributed by atoms with Gasteiger partial charge in [-0.2, -0.15) is 0 Å². The van der Waals surface area contributed by atoms with E-state index in [1.54, 1.807) is 0 Å². The minimum atomic E-state index is 0.562. The van der Waals surface area contributed by atoms with Crippen LogP contribution in [0.5, 0.6) is 0 Å². The summed E-state index contributed by atoms with van der Waals surface area (Å²) in [6.45, 7) is 6.48. The minimum absolute atomic E-state index is 0.562.